The second kappa shape index (κ2) is 8.18. The fraction of sp³-hybridized carbons (Fsp3) is 0.385. The van der Waals surface area contributed by atoms with Crippen LogP contribution in [-0.2, 0) is 13.0 Å². The van der Waals surface area contributed by atoms with Crippen LogP contribution in [0.5, 0.6) is 0 Å². The van der Waals surface area contributed by atoms with Gasteiger partial charge < -0.3 is 10.2 Å². The summed E-state index contributed by atoms with van der Waals surface area (Å²) in [4.78, 5) is 7.00. The van der Waals surface area contributed by atoms with Crippen molar-refractivity contribution in [3.63, 3.8) is 0 Å². The fourth-order valence-corrected chi connectivity index (χ4v) is 5.53. The average Bonchev–Trinajstić information content (AvgIpc) is 3.12. The molecule has 34 heavy (non-hydrogen) atoms. The van der Waals surface area contributed by atoms with Crippen molar-refractivity contribution in [2.24, 2.45) is 11.3 Å². The van der Waals surface area contributed by atoms with E-state index >= 15 is 0 Å². The van der Waals surface area contributed by atoms with Gasteiger partial charge in [-0.25, -0.2) is 9.67 Å². The van der Waals surface area contributed by atoms with Crippen LogP contribution in [0.1, 0.15) is 31.0 Å². The number of allylic oxidation sites excluding steroid dienone is 1. The van der Waals surface area contributed by atoms with Crippen molar-refractivity contribution < 1.29 is 13.2 Å². The van der Waals surface area contributed by atoms with Gasteiger partial charge in [0.1, 0.15) is 0 Å². The first-order chi connectivity index (χ1) is 16.2. The van der Waals surface area contributed by atoms with Crippen LogP contribution < -0.4 is 10.2 Å². The summed E-state index contributed by atoms with van der Waals surface area (Å²) in [6, 6.07) is 8.34. The largest absolute Gasteiger partial charge is 0.393 e. The number of nitrogens with one attached hydrogen (secondary N) is 1. The smallest absolute Gasteiger partial charge is 0.380 e. The Bertz CT molecular complexity index is 1230. The topological polar surface area (TPSA) is 46.0 Å². The van der Waals surface area contributed by atoms with Crippen molar-refractivity contribution in [2.75, 3.05) is 18.0 Å². The van der Waals surface area contributed by atoms with E-state index in [2.05, 4.69) is 35.3 Å². The van der Waals surface area contributed by atoms with Crippen molar-refractivity contribution in [2.45, 2.75) is 38.9 Å². The zero-order chi connectivity index (χ0) is 24.1. The third-order valence-electron chi connectivity index (χ3n) is 6.89. The monoisotopic (exact) mass is 467 g/mol. The highest BCUT2D eigenvalue weighted by Gasteiger charge is 2.51. The molecule has 3 heterocycles. The predicted octanol–water partition coefficient (Wildman–Crippen LogP) is 5.55. The van der Waals surface area contributed by atoms with E-state index in [1.54, 1.807) is 29.1 Å². The summed E-state index contributed by atoms with van der Waals surface area (Å²) in [6.45, 7) is 12.5. The number of rotatable bonds is 7. The molecule has 5 nitrogen and oxygen atoms in total. The summed E-state index contributed by atoms with van der Waals surface area (Å²) in [6.07, 6.45) is 0.778. The van der Waals surface area contributed by atoms with Gasteiger partial charge in [-0.1, -0.05) is 32.2 Å². The SMILES string of the molecule is C=CC(=C)NCc1nn(-c2ccc(CC(F)(F)F)cc2)c2nccc(N3CC4(CC(C)C4)C3)c12. The van der Waals surface area contributed by atoms with Crippen LogP contribution in [0.3, 0.4) is 0 Å². The van der Waals surface area contributed by atoms with Crippen molar-refractivity contribution in [1.82, 2.24) is 20.1 Å². The fourth-order valence-electron chi connectivity index (χ4n) is 5.53. The van der Waals surface area contributed by atoms with Gasteiger partial charge in [-0.3, -0.25) is 0 Å². The number of halogens is 3. The predicted molar refractivity (Wildman–Crippen MR) is 128 cm³/mol. The Morgan fingerprint density at radius 3 is 2.53 bits per heavy atom. The molecule has 1 saturated heterocycles. The standard InChI is InChI=1S/C26H28F3N5/c1-4-18(3)31-14-21-23-22(33-15-25(16-33)11-17(2)12-25)9-10-30-24(23)34(32-21)20-7-5-19(6-8-20)13-26(27,28)29/h4-10,17,31H,1,3,11-16H2,2H3. The Balaban J connectivity index is 1.51. The van der Waals surface area contributed by atoms with E-state index in [1.165, 1.54) is 25.0 Å². The van der Waals surface area contributed by atoms with E-state index < -0.39 is 12.6 Å². The minimum absolute atomic E-state index is 0.214. The third kappa shape index (κ3) is 4.17. The zero-order valence-corrected chi connectivity index (χ0v) is 19.2. The lowest BCUT2D eigenvalue weighted by atomic mass is 9.58. The molecule has 0 radical (unpaired) electrons. The number of hydrogen-bond donors (Lipinski definition) is 1. The Morgan fingerprint density at radius 1 is 1.21 bits per heavy atom. The highest BCUT2D eigenvalue weighted by molar-refractivity contribution is 5.93. The van der Waals surface area contributed by atoms with Gasteiger partial charge in [0.25, 0.3) is 0 Å². The average molecular weight is 468 g/mol. The zero-order valence-electron chi connectivity index (χ0n) is 19.2. The third-order valence-corrected chi connectivity index (χ3v) is 6.89. The molecule has 5 rings (SSSR count). The van der Waals surface area contributed by atoms with Crippen LogP contribution in [0.25, 0.3) is 16.7 Å². The Labute approximate surface area is 197 Å². The molecule has 2 fully saturated rings. The van der Waals surface area contributed by atoms with Crippen molar-refractivity contribution >= 4 is 16.7 Å². The quantitative estimate of drug-likeness (QED) is 0.463. The molecular weight excluding hydrogens is 439 g/mol. The first-order valence-corrected chi connectivity index (χ1v) is 11.5. The van der Waals surface area contributed by atoms with Crippen molar-refractivity contribution in [3.8, 4) is 5.69 Å². The van der Waals surface area contributed by atoms with Crippen molar-refractivity contribution in [3.05, 3.63) is 72.7 Å². The van der Waals surface area contributed by atoms with E-state index in [0.29, 0.717) is 29.0 Å². The first kappa shape index (κ1) is 22.5. The van der Waals surface area contributed by atoms with E-state index in [0.717, 1.165) is 35.8 Å². The molecular formula is C26H28F3N5. The first-order valence-electron chi connectivity index (χ1n) is 11.5. The molecule has 8 heteroatoms. The molecule has 1 spiro atoms. The lowest BCUT2D eigenvalue weighted by Crippen LogP contribution is -2.62. The Kier molecular flexibility index (Phi) is 5.41. The molecule has 1 saturated carbocycles. The minimum atomic E-state index is -4.24. The van der Waals surface area contributed by atoms with Gasteiger partial charge in [-0.2, -0.15) is 18.3 Å². The van der Waals surface area contributed by atoms with Gasteiger partial charge in [0.05, 0.1) is 35.4 Å². The molecule has 1 aromatic carbocycles. The molecule has 0 amide bonds. The number of nitrogens with zero attached hydrogens (tertiary/aromatic N) is 4. The summed E-state index contributed by atoms with van der Waals surface area (Å²) in [5.41, 5.74) is 4.60. The van der Waals surface area contributed by atoms with E-state index in [9.17, 15) is 13.2 Å². The second-order valence-electron chi connectivity index (χ2n) is 9.80. The lowest BCUT2D eigenvalue weighted by molar-refractivity contribution is -0.127. The summed E-state index contributed by atoms with van der Waals surface area (Å²) in [7, 11) is 0. The van der Waals surface area contributed by atoms with E-state index in [-0.39, 0.29) is 5.56 Å². The number of anilines is 1. The van der Waals surface area contributed by atoms with Gasteiger partial charge in [-0.05, 0) is 48.6 Å². The van der Waals surface area contributed by atoms with Crippen LogP contribution >= 0.6 is 0 Å². The number of alkyl halides is 3. The normalized spacial score (nSPS) is 17.5. The lowest BCUT2D eigenvalue weighted by Gasteiger charge is -2.59. The highest BCUT2D eigenvalue weighted by Crippen LogP contribution is 2.53. The number of hydrogen-bond acceptors (Lipinski definition) is 4. The molecule has 3 aromatic rings. The van der Waals surface area contributed by atoms with Gasteiger partial charge >= 0.3 is 6.18 Å². The van der Waals surface area contributed by atoms with Gasteiger partial charge in [0, 0.05) is 30.4 Å². The molecule has 0 unspecified atom stereocenters. The minimum Gasteiger partial charge on any atom is -0.380 e. The second-order valence-corrected chi connectivity index (χ2v) is 9.80. The molecule has 1 N–H and O–H groups in total. The highest BCUT2D eigenvalue weighted by atomic mass is 19.4. The maximum absolute atomic E-state index is 12.8. The Morgan fingerprint density at radius 2 is 1.91 bits per heavy atom. The summed E-state index contributed by atoms with van der Waals surface area (Å²) in [5, 5.41) is 9.00. The van der Waals surface area contributed by atoms with Gasteiger partial charge in [-0.15, -0.1) is 0 Å². The molecule has 1 aliphatic heterocycles. The van der Waals surface area contributed by atoms with Crippen LogP contribution in [0.2, 0.25) is 0 Å². The molecule has 2 aromatic heterocycles. The number of pyridine rings is 1. The molecule has 0 bridgehead atoms. The van der Waals surface area contributed by atoms with Crippen LogP contribution in [-0.4, -0.2) is 34.0 Å². The van der Waals surface area contributed by atoms with E-state index in [4.69, 9.17) is 5.10 Å². The molecule has 2 aliphatic rings. The molecule has 0 atom stereocenters. The number of aromatic nitrogens is 3. The molecule has 1 aliphatic carbocycles. The van der Waals surface area contributed by atoms with Crippen LogP contribution in [0, 0.1) is 11.3 Å². The molecule has 178 valence electrons. The summed E-state index contributed by atoms with van der Waals surface area (Å²) < 4.78 is 40.0. The maximum atomic E-state index is 12.8. The van der Waals surface area contributed by atoms with Gasteiger partial charge in [0.2, 0.25) is 0 Å². The Hall–Kier alpha value is -3.29. The van der Waals surface area contributed by atoms with E-state index in [1.807, 2.05) is 6.07 Å². The maximum Gasteiger partial charge on any atom is 0.393 e. The van der Waals surface area contributed by atoms with Crippen LogP contribution in [0.15, 0.2) is 61.5 Å². The van der Waals surface area contributed by atoms with Crippen LogP contribution in [0.4, 0.5) is 18.9 Å². The number of benzene rings is 1. The summed E-state index contributed by atoms with van der Waals surface area (Å²) in [5.74, 6) is 0.798. The van der Waals surface area contributed by atoms with Crippen molar-refractivity contribution in [1.29, 1.82) is 0 Å². The number of fused-ring (bicyclic) bond motifs is 1. The summed E-state index contributed by atoms with van der Waals surface area (Å²) >= 11 is 0. The van der Waals surface area contributed by atoms with Gasteiger partial charge in [0.15, 0.2) is 5.65 Å².